The molecule has 21 heavy (non-hydrogen) atoms. The fourth-order valence-corrected chi connectivity index (χ4v) is 2.34. The van der Waals surface area contributed by atoms with E-state index in [1.54, 1.807) is 6.92 Å². The van der Waals surface area contributed by atoms with Crippen LogP contribution < -0.4 is 9.64 Å². The highest BCUT2D eigenvalue weighted by molar-refractivity contribution is 5.97. The molecule has 0 fully saturated rings. The number of nitrogens with zero attached hydrogens (tertiary/aromatic N) is 1. The Balaban J connectivity index is 3.00. The van der Waals surface area contributed by atoms with Gasteiger partial charge in [-0.1, -0.05) is 26.7 Å². The molecule has 0 spiro atoms. The highest BCUT2D eigenvalue weighted by Crippen LogP contribution is 2.27. The van der Waals surface area contributed by atoms with E-state index in [0.29, 0.717) is 17.9 Å². The number of carbonyl (C=O) groups excluding carboxylic acids is 1. The van der Waals surface area contributed by atoms with Crippen LogP contribution in [0.25, 0.3) is 0 Å². The van der Waals surface area contributed by atoms with Gasteiger partial charge >= 0.3 is 0 Å². The van der Waals surface area contributed by atoms with Crippen LogP contribution in [0.3, 0.4) is 0 Å². The van der Waals surface area contributed by atoms with Crippen molar-refractivity contribution in [1.29, 1.82) is 0 Å². The second-order valence-electron chi connectivity index (χ2n) is 5.36. The quantitative estimate of drug-likeness (QED) is 0.585. The van der Waals surface area contributed by atoms with E-state index < -0.39 is 0 Å². The number of unbranched alkanes of at least 4 members (excludes halogenated alkanes) is 2. The van der Waals surface area contributed by atoms with E-state index in [1.165, 1.54) is 25.7 Å². The van der Waals surface area contributed by atoms with Gasteiger partial charge in [0.15, 0.2) is 5.78 Å². The number of benzene rings is 1. The van der Waals surface area contributed by atoms with Crippen molar-refractivity contribution in [3.8, 4) is 5.75 Å². The summed E-state index contributed by atoms with van der Waals surface area (Å²) in [5.74, 6) is 0.763. The van der Waals surface area contributed by atoms with Crippen molar-refractivity contribution in [3.63, 3.8) is 0 Å². The average Bonchev–Trinajstić information content (AvgIpc) is 2.47. The van der Waals surface area contributed by atoms with E-state index in [0.717, 1.165) is 18.8 Å². The standard InChI is InChI=1S/C18H29NO2/c1-5-8-12-19(13-9-6-2)16-10-11-17(15(4)20)18(14-16)21-7-3/h10-11,14H,5-9,12-13H2,1-4H3. The lowest BCUT2D eigenvalue weighted by Gasteiger charge is -2.25. The molecule has 0 amide bonds. The molecule has 1 rings (SSSR count). The summed E-state index contributed by atoms with van der Waals surface area (Å²) in [4.78, 5) is 14.1. The molecule has 0 saturated heterocycles. The molecule has 0 N–H and O–H groups in total. The fraction of sp³-hybridized carbons (Fsp3) is 0.611. The van der Waals surface area contributed by atoms with Gasteiger partial charge in [0.25, 0.3) is 0 Å². The Kier molecular flexibility index (Phi) is 7.88. The molecule has 0 aromatic heterocycles. The molecule has 3 heteroatoms. The highest BCUT2D eigenvalue weighted by Gasteiger charge is 2.12. The van der Waals surface area contributed by atoms with Crippen LogP contribution in [-0.4, -0.2) is 25.5 Å². The largest absolute Gasteiger partial charge is 0.493 e. The Morgan fingerprint density at radius 1 is 1.10 bits per heavy atom. The summed E-state index contributed by atoms with van der Waals surface area (Å²) in [6.07, 6.45) is 4.74. The number of rotatable bonds is 10. The van der Waals surface area contributed by atoms with Crippen LogP contribution in [0.4, 0.5) is 5.69 Å². The van der Waals surface area contributed by atoms with E-state index in [1.807, 2.05) is 25.1 Å². The third-order valence-electron chi connectivity index (χ3n) is 3.57. The first-order valence-electron chi connectivity index (χ1n) is 8.16. The summed E-state index contributed by atoms with van der Waals surface area (Å²) in [5.41, 5.74) is 1.83. The van der Waals surface area contributed by atoms with Gasteiger partial charge in [-0.3, -0.25) is 4.79 Å². The first kappa shape index (κ1) is 17.5. The van der Waals surface area contributed by atoms with Crippen molar-refractivity contribution in [1.82, 2.24) is 0 Å². The predicted octanol–water partition coefficient (Wildman–Crippen LogP) is 4.69. The minimum atomic E-state index is 0.0543. The molecule has 0 aliphatic rings. The number of anilines is 1. The summed E-state index contributed by atoms with van der Waals surface area (Å²) in [7, 11) is 0. The van der Waals surface area contributed by atoms with Crippen molar-refractivity contribution >= 4 is 11.5 Å². The smallest absolute Gasteiger partial charge is 0.163 e. The number of hydrogen-bond acceptors (Lipinski definition) is 3. The highest BCUT2D eigenvalue weighted by atomic mass is 16.5. The molecule has 1 aromatic rings. The van der Waals surface area contributed by atoms with Gasteiger partial charge in [0.1, 0.15) is 5.75 Å². The maximum absolute atomic E-state index is 11.7. The summed E-state index contributed by atoms with van der Waals surface area (Å²) < 4.78 is 5.65. The zero-order chi connectivity index (χ0) is 15.7. The van der Waals surface area contributed by atoms with Crippen molar-refractivity contribution in [3.05, 3.63) is 23.8 Å². The van der Waals surface area contributed by atoms with Gasteiger partial charge < -0.3 is 9.64 Å². The van der Waals surface area contributed by atoms with Gasteiger partial charge in [-0.05, 0) is 38.8 Å². The maximum Gasteiger partial charge on any atom is 0.163 e. The number of Topliss-reactive ketones (excluding diaryl/α,β-unsaturated/α-hetero) is 1. The van der Waals surface area contributed by atoms with Crippen LogP contribution in [0, 0.1) is 0 Å². The molecule has 0 bridgehead atoms. The minimum Gasteiger partial charge on any atom is -0.493 e. The third kappa shape index (κ3) is 5.41. The Morgan fingerprint density at radius 2 is 1.71 bits per heavy atom. The van der Waals surface area contributed by atoms with Crippen LogP contribution in [0.2, 0.25) is 0 Å². The third-order valence-corrected chi connectivity index (χ3v) is 3.57. The second kappa shape index (κ2) is 9.43. The molecule has 3 nitrogen and oxygen atoms in total. The van der Waals surface area contributed by atoms with E-state index in [-0.39, 0.29) is 5.78 Å². The first-order chi connectivity index (χ1) is 10.1. The van der Waals surface area contributed by atoms with Crippen LogP contribution >= 0.6 is 0 Å². The van der Waals surface area contributed by atoms with Crippen molar-refractivity contribution in [2.45, 2.75) is 53.4 Å². The first-order valence-corrected chi connectivity index (χ1v) is 8.16. The van der Waals surface area contributed by atoms with Crippen molar-refractivity contribution in [2.75, 3.05) is 24.6 Å². The topological polar surface area (TPSA) is 29.5 Å². The monoisotopic (exact) mass is 291 g/mol. The molecular weight excluding hydrogens is 262 g/mol. The van der Waals surface area contributed by atoms with Gasteiger partial charge in [-0.25, -0.2) is 0 Å². The lowest BCUT2D eigenvalue weighted by Crippen LogP contribution is -2.25. The molecule has 0 aliphatic heterocycles. The van der Waals surface area contributed by atoms with Gasteiger partial charge in [-0.2, -0.15) is 0 Å². The van der Waals surface area contributed by atoms with Crippen LogP contribution in [0.1, 0.15) is 63.7 Å². The Bertz CT molecular complexity index is 435. The Morgan fingerprint density at radius 3 is 2.19 bits per heavy atom. The number of ketones is 1. The minimum absolute atomic E-state index is 0.0543. The summed E-state index contributed by atoms with van der Waals surface area (Å²) >= 11 is 0. The summed E-state index contributed by atoms with van der Waals surface area (Å²) in [6, 6.07) is 5.96. The molecule has 118 valence electrons. The van der Waals surface area contributed by atoms with E-state index >= 15 is 0 Å². The lowest BCUT2D eigenvalue weighted by atomic mass is 10.1. The summed E-state index contributed by atoms with van der Waals surface area (Å²) in [6.45, 7) is 10.6. The summed E-state index contributed by atoms with van der Waals surface area (Å²) in [5, 5.41) is 0. The second-order valence-corrected chi connectivity index (χ2v) is 5.36. The van der Waals surface area contributed by atoms with Crippen molar-refractivity contribution < 1.29 is 9.53 Å². The van der Waals surface area contributed by atoms with Crippen LogP contribution in [-0.2, 0) is 0 Å². The average molecular weight is 291 g/mol. The fourth-order valence-electron chi connectivity index (χ4n) is 2.34. The van der Waals surface area contributed by atoms with E-state index in [2.05, 4.69) is 18.7 Å². The number of carbonyl (C=O) groups is 1. The molecule has 0 aliphatic carbocycles. The van der Waals surface area contributed by atoms with Crippen LogP contribution in [0.15, 0.2) is 18.2 Å². The van der Waals surface area contributed by atoms with Crippen LogP contribution in [0.5, 0.6) is 5.75 Å². The van der Waals surface area contributed by atoms with E-state index in [9.17, 15) is 4.79 Å². The number of ether oxygens (including phenoxy) is 1. The normalized spacial score (nSPS) is 10.5. The zero-order valence-corrected chi connectivity index (χ0v) is 13.9. The molecular formula is C18H29NO2. The van der Waals surface area contributed by atoms with E-state index in [4.69, 9.17) is 4.74 Å². The zero-order valence-electron chi connectivity index (χ0n) is 13.9. The molecule has 0 heterocycles. The molecule has 0 radical (unpaired) electrons. The van der Waals surface area contributed by atoms with Gasteiger partial charge in [0.05, 0.1) is 12.2 Å². The number of hydrogen-bond donors (Lipinski definition) is 0. The Labute approximate surface area is 129 Å². The molecule has 0 saturated carbocycles. The van der Waals surface area contributed by atoms with Gasteiger partial charge in [0.2, 0.25) is 0 Å². The van der Waals surface area contributed by atoms with Gasteiger partial charge in [-0.15, -0.1) is 0 Å². The Hall–Kier alpha value is -1.51. The molecule has 0 unspecified atom stereocenters. The lowest BCUT2D eigenvalue weighted by molar-refractivity contribution is 0.101. The SMILES string of the molecule is CCCCN(CCCC)c1ccc(C(C)=O)c(OCC)c1. The predicted molar refractivity (Wildman–Crippen MR) is 89.6 cm³/mol. The van der Waals surface area contributed by atoms with Gasteiger partial charge in [0, 0.05) is 24.8 Å². The molecule has 0 atom stereocenters. The van der Waals surface area contributed by atoms with Crippen molar-refractivity contribution in [2.24, 2.45) is 0 Å². The molecule has 1 aromatic carbocycles. The maximum atomic E-state index is 11.7.